The summed E-state index contributed by atoms with van der Waals surface area (Å²) in [6.07, 6.45) is 3.62. The summed E-state index contributed by atoms with van der Waals surface area (Å²) < 4.78 is 54.1. The lowest BCUT2D eigenvalue weighted by Crippen LogP contribution is -2.41. The van der Waals surface area contributed by atoms with E-state index in [0.717, 1.165) is 19.3 Å². The lowest BCUT2D eigenvalue weighted by Gasteiger charge is -2.30. The molecule has 8 nitrogen and oxygen atoms in total. The Balaban J connectivity index is 1.31. The molecule has 0 atom stereocenters. The number of halogens is 1. The van der Waals surface area contributed by atoms with Crippen molar-refractivity contribution in [2.24, 2.45) is 5.92 Å². The van der Waals surface area contributed by atoms with Gasteiger partial charge in [0.1, 0.15) is 0 Å². The van der Waals surface area contributed by atoms with Crippen molar-refractivity contribution in [1.82, 2.24) is 8.61 Å². The van der Waals surface area contributed by atoms with E-state index in [4.69, 9.17) is 11.6 Å². The van der Waals surface area contributed by atoms with Gasteiger partial charge in [0.25, 0.3) is 0 Å². The maximum atomic E-state index is 12.8. The van der Waals surface area contributed by atoms with E-state index in [1.54, 1.807) is 36.4 Å². The minimum absolute atomic E-state index is 0.128. The number of nitrogens with one attached hydrogen (secondary N) is 1. The molecule has 1 amide bonds. The van der Waals surface area contributed by atoms with E-state index in [1.165, 1.54) is 20.7 Å². The number of hydrogen-bond donors (Lipinski definition) is 1. The predicted octanol–water partition coefficient (Wildman–Crippen LogP) is 3.70. The Labute approximate surface area is 212 Å². The van der Waals surface area contributed by atoms with Crippen LogP contribution in [0.3, 0.4) is 0 Å². The first kappa shape index (κ1) is 26.1. The van der Waals surface area contributed by atoms with Crippen molar-refractivity contribution in [3.8, 4) is 0 Å². The molecule has 2 aliphatic rings. The fraction of sp³-hybridized carbons (Fsp3) is 0.458. The van der Waals surface area contributed by atoms with Crippen molar-refractivity contribution in [3.63, 3.8) is 0 Å². The van der Waals surface area contributed by atoms with Crippen molar-refractivity contribution in [2.75, 3.05) is 31.5 Å². The van der Waals surface area contributed by atoms with E-state index in [1.807, 2.05) is 0 Å². The van der Waals surface area contributed by atoms with Gasteiger partial charge in [0.15, 0.2) is 0 Å². The first-order valence-corrected chi connectivity index (χ1v) is 15.2. The van der Waals surface area contributed by atoms with Crippen LogP contribution in [0.5, 0.6) is 0 Å². The van der Waals surface area contributed by atoms with E-state index < -0.39 is 20.0 Å². The van der Waals surface area contributed by atoms with E-state index in [0.29, 0.717) is 42.2 Å². The Bertz CT molecular complexity index is 1250. The highest BCUT2D eigenvalue weighted by Crippen LogP contribution is 2.25. The molecule has 0 bridgehead atoms. The number of hydrogen-bond acceptors (Lipinski definition) is 5. The van der Waals surface area contributed by atoms with Crippen LogP contribution in [0.25, 0.3) is 0 Å². The van der Waals surface area contributed by atoms with Crippen molar-refractivity contribution in [1.29, 1.82) is 0 Å². The molecule has 0 saturated carbocycles. The quantitative estimate of drug-likeness (QED) is 0.578. The molecule has 0 unspecified atom stereocenters. The third kappa shape index (κ3) is 6.42. The number of amides is 1. The highest BCUT2D eigenvalue weighted by atomic mass is 35.5. The van der Waals surface area contributed by atoms with E-state index in [-0.39, 0.29) is 35.6 Å². The Morgan fingerprint density at radius 2 is 1.54 bits per heavy atom. The number of sulfonamides is 2. The summed E-state index contributed by atoms with van der Waals surface area (Å²) in [7, 11) is -7.03. The second-order valence-corrected chi connectivity index (χ2v) is 13.4. The van der Waals surface area contributed by atoms with Crippen molar-refractivity contribution < 1.29 is 21.6 Å². The Hall–Kier alpha value is -1.98. The lowest BCUT2D eigenvalue weighted by atomic mass is 9.97. The Morgan fingerprint density at radius 1 is 0.886 bits per heavy atom. The zero-order valence-corrected chi connectivity index (χ0v) is 21.8. The minimum Gasteiger partial charge on any atom is -0.326 e. The van der Waals surface area contributed by atoms with Crippen LogP contribution >= 0.6 is 11.6 Å². The van der Waals surface area contributed by atoms with Gasteiger partial charge in [-0.2, -0.15) is 4.31 Å². The molecular weight excluding hydrogens is 510 g/mol. The molecule has 1 N–H and O–H groups in total. The number of benzene rings is 2. The van der Waals surface area contributed by atoms with Gasteiger partial charge in [-0.15, -0.1) is 0 Å². The average molecular weight is 540 g/mol. The largest absolute Gasteiger partial charge is 0.326 e. The van der Waals surface area contributed by atoms with Gasteiger partial charge in [-0.25, -0.2) is 21.1 Å². The summed E-state index contributed by atoms with van der Waals surface area (Å²) >= 11 is 5.96. The lowest BCUT2D eigenvalue weighted by molar-refractivity contribution is -0.120. The van der Waals surface area contributed by atoms with Crippen molar-refractivity contribution in [2.45, 2.75) is 42.8 Å². The molecule has 2 aromatic rings. The number of rotatable bonds is 7. The zero-order valence-electron chi connectivity index (χ0n) is 19.4. The number of piperidine rings is 2. The summed E-state index contributed by atoms with van der Waals surface area (Å²) in [6.45, 7) is 1.62. The summed E-state index contributed by atoms with van der Waals surface area (Å²) in [4.78, 5) is 13.0. The standard InChI is InChI=1S/C24H30ClN3O5S2/c25-21-6-4-5-19(17-21)18-34(30,31)27-15-11-20(12-16-27)24(29)26-22-7-9-23(10-8-22)35(32,33)28-13-2-1-3-14-28/h4-10,17,20H,1-3,11-16,18H2,(H,26,29). The normalized spacial score (nSPS) is 18.9. The van der Waals surface area contributed by atoms with Gasteiger partial charge in [0, 0.05) is 42.8 Å². The molecule has 0 radical (unpaired) electrons. The second kappa shape index (κ2) is 11.0. The number of carbonyl (C=O) groups excluding carboxylic acids is 1. The maximum absolute atomic E-state index is 12.8. The number of carbonyl (C=O) groups is 1. The van der Waals surface area contributed by atoms with Crippen LogP contribution in [0, 0.1) is 5.92 Å². The van der Waals surface area contributed by atoms with Crippen LogP contribution in [-0.2, 0) is 30.6 Å². The van der Waals surface area contributed by atoms with Crippen LogP contribution in [-0.4, -0.2) is 57.5 Å². The van der Waals surface area contributed by atoms with Crippen LogP contribution in [0.1, 0.15) is 37.7 Å². The maximum Gasteiger partial charge on any atom is 0.243 e. The van der Waals surface area contributed by atoms with Crippen molar-refractivity contribution in [3.05, 3.63) is 59.1 Å². The fourth-order valence-electron chi connectivity index (χ4n) is 4.53. The molecule has 2 saturated heterocycles. The molecule has 0 aromatic heterocycles. The third-order valence-electron chi connectivity index (χ3n) is 6.53. The third-order valence-corrected chi connectivity index (χ3v) is 10.5. The molecule has 0 aliphatic carbocycles. The smallest absolute Gasteiger partial charge is 0.243 e. The van der Waals surface area contributed by atoms with E-state index in [2.05, 4.69) is 5.32 Å². The Morgan fingerprint density at radius 3 is 2.17 bits per heavy atom. The highest BCUT2D eigenvalue weighted by molar-refractivity contribution is 7.89. The number of nitrogens with zero attached hydrogens (tertiary/aromatic N) is 2. The molecular formula is C24H30ClN3O5S2. The Kier molecular flexibility index (Phi) is 8.17. The minimum atomic E-state index is -3.52. The molecule has 190 valence electrons. The summed E-state index contributed by atoms with van der Waals surface area (Å²) in [5, 5.41) is 3.33. The SMILES string of the molecule is O=C(Nc1ccc(S(=O)(=O)N2CCCCC2)cc1)C1CCN(S(=O)(=O)Cc2cccc(Cl)c2)CC1. The van der Waals surface area contributed by atoms with E-state index in [9.17, 15) is 21.6 Å². The predicted molar refractivity (Wildman–Crippen MR) is 136 cm³/mol. The fourth-order valence-corrected chi connectivity index (χ4v) is 7.81. The summed E-state index contributed by atoms with van der Waals surface area (Å²) in [5.74, 6) is -0.634. The van der Waals surface area contributed by atoms with Gasteiger partial charge in [-0.3, -0.25) is 4.79 Å². The topological polar surface area (TPSA) is 104 Å². The van der Waals surface area contributed by atoms with Gasteiger partial charge in [0.05, 0.1) is 10.6 Å². The molecule has 11 heteroatoms. The van der Waals surface area contributed by atoms with Crippen LogP contribution in [0.15, 0.2) is 53.4 Å². The summed E-state index contributed by atoms with van der Waals surface area (Å²) in [6, 6.07) is 13.0. The van der Waals surface area contributed by atoms with Gasteiger partial charge in [-0.1, -0.05) is 30.2 Å². The highest BCUT2D eigenvalue weighted by Gasteiger charge is 2.31. The van der Waals surface area contributed by atoms with Gasteiger partial charge >= 0.3 is 0 Å². The zero-order chi connectivity index (χ0) is 25.1. The molecule has 2 aliphatic heterocycles. The molecule has 0 spiro atoms. The van der Waals surface area contributed by atoms with E-state index >= 15 is 0 Å². The van der Waals surface area contributed by atoms with Crippen molar-refractivity contribution >= 4 is 43.2 Å². The average Bonchev–Trinajstić information content (AvgIpc) is 2.85. The molecule has 2 fully saturated rings. The van der Waals surface area contributed by atoms with Crippen LogP contribution in [0.2, 0.25) is 5.02 Å². The summed E-state index contributed by atoms with van der Waals surface area (Å²) in [5.41, 5.74) is 1.15. The van der Waals surface area contributed by atoms with Crippen LogP contribution < -0.4 is 5.32 Å². The molecule has 4 rings (SSSR count). The van der Waals surface area contributed by atoms with Gasteiger partial charge in [0.2, 0.25) is 26.0 Å². The first-order chi connectivity index (χ1) is 16.6. The molecule has 35 heavy (non-hydrogen) atoms. The second-order valence-electron chi connectivity index (χ2n) is 9.04. The first-order valence-electron chi connectivity index (χ1n) is 11.8. The number of anilines is 1. The monoisotopic (exact) mass is 539 g/mol. The molecule has 2 aromatic carbocycles. The van der Waals surface area contributed by atoms with Gasteiger partial charge in [-0.05, 0) is 67.6 Å². The van der Waals surface area contributed by atoms with Crippen LogP contribution in [0.4, 0.5) is 5.69 Å². The molecule has 2 heterocycles. The van der Waals surface area contributed by atoms with Gasteiger partial charge < -0.3 is 5.32 Å².